The maximum atomic E-state index is 9.77. The molecule has 0 aliphatic carbocycles. The maximum Gasteiger partial charge on any atom is 0.227 e. The molecule has 0 heterocycles. The Bertz CT molecular complexity index is 135. The summed E-state index contributed by atoms with van der Waals surface area (Å²) in [5.74, 6) is 0.905. The topological polar surface area (TPSA) is 44.7 Å². The van der Waals surface area contributed by atoms with E-state index in [0.29, 0.717) is 12.2 Å². The van der Waals surface area contributed by atoms with E-state index in [1.54, 1.807) is 19.0 Å². The van der Waals surface area contributed by atoms with Gasteiger partial charge in [-0.15, -0.1) is 11.6 Å². The zero-order chi connectivity index (χ0) is 7.98. The van der Waals surface area contributed by atoms with Crippen LogP contribution in [0, 0.1) is 0 Å². The summed E-state index contributed by atoms with van der Waals surface area (Å²) in [6.07, 6.45) is 0.496. The van der Waals surface area contributed by atoms with E-state index >= 15 is 0 Å². The highest BCUT2D eigenvalue weighted by molar-refractivity contribution is 6.28. The van der Waals surface area contributed by atoms with Gasteiger partial charge < -0.3 is 4.90 Å². The zero-order valence-corrected chi connectivity index (χ0v) is 6.72. The SMILES string of the molecule is CN(C)/C(CCl)=N\NC=O. The second-order valence-electron chi connectivity index (χ2n) is 1.80. The van der Waals surface area contributed by atoms with E-state index in [4.69, 9.17) is 11.6 Å². The predicted molar refractivity (Wildman–Crippen MR) is 41.0 cm³/mol. The van der Waals surface area contributed by atoms with Crippen molar-refractivity contribution in [2.45, 2.75) is 0 Å². The van der Waals surface area contributed by atoms with Gasteiger partial charge in [-0.25, -0.2) is 5.43 Å². The molecule has 0 unspecified atom stereocenters. The third kappa shape index (κ3) is 3.29. The van der Waals surface area contributed by atoms with Gasteiger partial charge in [-0.2, -0.15) is 5.10 Å². The Labute approximate surface area is 64.8 Å². The Hall–Kier alpha value is -0.770. The van der Waals surface area contributed by atoms with Crippen molar-refractivity contribution < 1.29 is 4.79 Å². The minimum Gasteiger partial charge on any atom is -0.364 e. The van der Waals surface area contributed by atoms with E-state index in [0.717, 1.165) is 0 Å². The van der Waals surface area contributed by atoms with Crippen molar-refractivity contribution in [1.82, 2.24) is 10.3 Å². The highest BCUT2D eigenvalue weighted by Gasteiger charge is 1.97. The van der Waals surface area contributed by atoms with Gasteiger partial charge in [0.25, 0.3) is 0 Å². The second kappa shape index (κ2) is 5.05. The number of carbonyl (C=O) groups is 1. The minimum absolute atomic E-state index is 0.286. The van der Waals surface area contributed by atoms with Gasteiger partial charge in [0.15, 0.2) is 0 Å². The minimum atomic E-state index is 0.286. The van der Waals surface area contributed by atoms with E-state index in [9.17, 15) is 4.79 Å². The van der Waals surface area contributed by atoms with Crippen molar-refractivity contribution in [2.24, 2.45) is 5.10 Å². The summed E-state index contributed by atoms with van der Waals surface area (Å²) >= 11 is 5.47. The van der Waals surface area contributed by atoms with E-state index in [-0.39, 0.29) is 5.88 Å². The first-order valence-electron chi connectivity index (χ1n) is 2.71. The molecule has 0 atom stereocenters. The predicted octanol–water partition coefficient (Wildman–Crippen LogP) is -0.154. The molecule has 58 valence electrons. The van der Waals surface area contributed by atoms with Crippen molar-refractivity contribution in [3.63, 3.8) is 0 Å². The van der Waals surface area contributed by atoms with Crippen LogP contribution in [0.5, 0.6) is 0 Å². The van der Waals surface area contributed by atoms with Crippen LogP contribution in [-0.2, 0) is 4.79 Å². The van der Waals surface area contributed by atoms with Crippen molar-refractivity contribution in [3.05, 3.63) is 0 Å². The Morgan fingerprint density at radius 2 is 2.40 bits per heavy atom. The van der Waals surface area contributed by atoms with Crippen LogP contribution in [0.3, 0.4) is 0 Å². The molecular weight excluding hydrogens is 154 g/mol. The number of carbonyl (C=O) groups excluding carboxylic acids is 1. The van der Waals surface area contributed by atoms with Gasteiger partial charge in [-0.05, 0) is 0 Å². The van der Waals surface area contributed by atoms with Crippen LogP contribution in [-0.4, -0.2) is 37.1 Å². The summed E-state index contributed by atoms with van der Waals surface area (Å²) in [7, 11) is 3.60. The molecule has 0 rings (SSSR count). The molecule has 0 aliphatic rings. The van der Waals surface area contributed by atoms with Gasteiger partial charge in [0, 0.05) is 14.1 Å². The Morgan fingerprint density at radius 3 is 2.70 bits per heavy atom. The molecule has 0 spiro atoms. The van der Waals surface area contributed by atoms with Crippen LogP contribution in [0.1, 0.15) is 0 Å². The van der Waals surface area contributed by atoms with Crippen molar-refractivity contribution in [3.8, 4) is 0 Å². The summed E-state index contributed by atoms with van der Waals surface area (Å²) in [5.41, 5.74) is 2.16. The van der Waals surface area contributed by atoms with Crippen LogP contribution >= 0.6 is 11.6 Å². The fourth-order valence-corrected chi connectivity index (χ4v) is 0.649. The molecule has 0 aliphatic heterocycles. The molecule has 4 nitrogen and oxygen atoms in total. The van der Waals surface area contributed by atoms with Crippen molar-refractivity contribution >= 4 is 23.8 Å². The molecule has 0 fully saturated rings. The average Bonchev–Trinajstić information content (AvgIpc) is 1.89. The number of alkyl halides is 1. The summed E-state index contributed by atoms with van der Waals surface area (Å²) in [6, 6.07) is 0. The number of nitrogens with zero attached hydrogens (tertiary/aromatic N) is 2. The third-order valence-corrected chi connectivity index (χ3v) is 1.12. The lowest BCUT2D eigenvalue weighted by atomic mass is 10.6. The fraction of sp³-hybridized carbons (Fsp3) is 0.600. The molecule has 0 bridgehead atoms. The summed E-state index contributed by atoms with van der Waals surface area (Å²) in [4.78, 5) is 11.5. The van der Waals surface area contributed by atoms with Crippen LogP contribution in [0.15, 0.2) is 5.10 Å². The first kappa shape index (κ1) is 9.23. The number of hydrazone groups is 1. The lowest BCUT2D eigenvalue weighted by molar-refractivity contribution is -0.109. The van der Waals surface area contributed by atoms with Gasteiger partial charge in [0.1, 0.15) is 5.84 Å². The summed E-state index contributed by atoms with van der Waals surface area (Å²) in [6.45, 7) is 0. The lowest BCUT2D eigenvalue weighted by Gasteiger charge is -2.11. The molecule has 0 aromatic rings. The van der Waals surface area contributed by atoms with Gasteiger partial charge in [0.2, 0.25) is 6.41 Å². The molecule has 0 aromatic heterocycles. The summed E-state index contributed by atoms with van der Waals surface area (Å²) < 4.78 is 0. The van der Waals surface area contributed by atoms with Crippen LogP contribution < -0.4 is 5.43 Å². The normalized spacial score (nSPS) is 10.9. The maximum absolute atomic E-state index is 9.77. The number of hydrogen-bond acceptors (Lipinski definition) is 2. The van der Waals surface area contributed by atoms with Gasteiger partial charge in [-0.1, -0.05) is 0 Å². The first-order valence-corrected chi connectivity index (χ1v) is 3.24. The molecule has 0 aromatic carbocycles. The number of rotatable bonds is 3. The standard InChI is InChI=1S/C5H10ClN3O/c1-9(2)5(3-6)8-7-4-10/h4H,3H2,1-2H3,(H,7,10)/b8-5-. The van der Waals surface area contributed by atoms with Gasteiger partial charge >= 0.3 is 0 Å². The largest absolute Gasteiger partial charge is 0.364 e. The quantitative estimate of drug-likeness (QED) is 0.207. The summed E-state index contributed by atoms with van der Waals surface area (Å²) in [5, 5.41) is 3.65. The number of hydrogen-bond donors (Lipinski definition) is 1. The molecular formula is C5H10ClN3O. The second-order valence-corrected chi connectivity index (χ2v) is 2.07. The van der Waals surface area contributed by atoms with Crippen LogP contribution in [0.2, 0.25) is 0 Å². The number of amides is 1. The highest BCUT2D eigenvalue weighted by atomic mass is 35.5. The lowest BCUT2D eigenvalue weighted by Crippen LogP contribution is -2.25. The van der Waals surface area contributed by atoms with E-state index in [1.807, 2.05) is 0 Å². The third-order valence-electron chi connectivity index (χ3n) is 0.882. The Morgan fingerprint density at radius 1 is 1.80 bits per heavy atom. The zero-order valence-electron chi connectivity index (χ0n) is 5.97. The number of amidine groups is 1. The molecule has 10 heavy (non-hydrogen) atoms. The molecule has 0 saturated heterocycles. The molecule has 1 N–H and O–H groups in total. The van der Waals surface area contributed by atoms with E-state index < -0.39 is 0 Å². The van der Waals surface area contributed by atoms with Gasteiger partial charge in [0.05, 0.1) is 5.88 Å². The molecule has 0 saturated carbocycles. The van der Waals surface area contributed by atoms with Gasteiger partial charge in [-0.3, -0.25) is 4.79 Å². The number of nitrogens with one attached hydrogen (secondary N) is 1. The number of halogens is 1. The van der Waals surface area contributed by atoms with Crippen LogP contribution in [0.25, 0.3) is 0 Å². The molecule has 1 amide bonds. The highest BCUT2D eigenvalue weighted by Crippen LogP contribution is 1.85. The monoisotopic (exact) mass is 163 g/mol. The van der Waals surface area contributed by atoms with Crippen molar-refractivity contribution in [2.75, 3.05) is 20.0 Å². The fourth-order valence-electron chi connectivity index (χ4n) is 0.350. The smallest absolute Gasteiger partial charge is 0.227 e. The molecule has 0 radical (unpaired) electrons. The van der Waals surface area contributed by atoms with Crippen LogP contribution in [0.4, 0.5) is 0 Å². The van der Waals surface area contributed by atoms with Crippen molar-refractivity contribution in [1.29, 1.82) is 0 Å². The van der Waals surface area contributed by atoms with E-state index in [1.165, 1.54) is 0 Å². The Kier molecular flexibility index (Phi) is 4.66. The average molecular weight is 164 g/mol. The molecule has 5 heteroatoms. The Balaban J connectivity index is 3.90. The van der Waals surface area contributed by atoms with E-state index in [2.05, 4.69) is 10.5 Å². The first-order chi connectivity index (χ1) is 4.72.